The summed E-state index contributed by atoms with van der Waals surface area (Å²) in [5.41, 5.74) is 5.70. The molecule has 0 aromatic carbocycles. The van der Waals surface area contributed by atoms with Crippen LogP contribution in [-0.2, 0) is 0 Å². The third-order valence-electron chi connectivity index (χ3n) is 3.44. The van der Waals surface area contributed by atoms with Gasteiger partial charge in [-0.1, -0.05) is 24.4 Å². The van der Waals surface area contributed by atoms with Crippen LogP contribution in [0, 0.1) is 0 Å². The van der Waals surface area contributed by atoms with Crippen molar-refractivity contribution in [2.24, 2.45) is 10.9 Å². The van der Waals surface area contributed by atoms with E-state index in [9.17, 15) is 4.79 Å². The summed E-state index contributed by atoms with van der Waals surface area (Å²) in [6, 6.07) is 1.77. The first-order valence-electron chi connectivity index (χ1n) is 6.01. The lowest BCUT2D eigenvalue weighted by atomic mass is 9.80. The van der Waals surface area contributed by atoms with Crippen molar-refractivity contribution < 1.29 is 10.0 Å². The topological polar surface area (TPSA) is 87.7 Å². The number of nitrogens with two attached hydrogens (primary N) is 1. The zero-order chi connectivity index (χ0) is 13.0. The van der Waals surface area contributed by atoms with E-state index < -0.39 is 5.54 Å². The smallest absolute Gasteiger partial charge is 0.252 e. The van der Waals surface area contributed by atoms with Gasteiger partial charge in [0.25, 0.3) is 5.91 Å². The molecule has 0 bridgehead atoms. The summed E-state index contributed by atoms with van der Waals surface area (Å²) in [7, 11) is 0. The third kappa shape index (κ3) is 2.48. The van der Waals surface area contributed by atoms with Crippen LogP contribution in [0.5, 0.6) is 0 Å². The molecular formula is C12H17N3O2S. The average molecular weight is 267 g/mol. The Bertz CT molecular complexity index is 436. The molecule has 1 aliphatic rings. The molecule has 0 unspecified atom stereocenters. The van der Waals surface area contributed by atoms with Crippen molar-refractivity contribution in [1.82, 2.24) is 5.32 Å². The van der Waals surface area contributed by atoms with Crippen molar-refractivity contribution >= 4 is 23.1 Å². The number of nitrogens with one attached hydrogen (secondary N) is 1. The second-order valence-electron chi connectivity index (χ2n) is 4.59. The zero-order valence-corrected chi connectivity index (χ0v) is 10.9. The number of nitrogens with zero attached hydrogens (tertiary/aromatic N) is 1. The van der Waals surface area contributed by atoms with E-state index in [1.165, 1.54) is 11.3 Å². The standard InChI is InChI=1S/C12H17N3O2S/c13-11(15-17)12(5-2-1-3-6-12)14-10(16)9-4-7-18-8-9/h4,7-8,17H,1-3,5-6H2,(H2,13,15)(H,14,16). The Kier molecular flexibility index (Phi) is 3.86. The summed E-state index contributed by atoms with van der Waals surface area (Å²) in [5.74, 6) is -0.0597. The predicted octanol–water partition coefficient (Wildman–Crippen LogP) is 1.93. The monoisotopic (exact) mass is 267 g/mol. The third-order valence-corrected chi connectivity index (χ3v) is 4.12. The largest absolute Gasteiger partial charge is 0.409 e. The van der Waals surface area contributed by atoms with E-state index in [0.29, 0.717) is 5.56 Å². The molecule has 0 spiro atoms. The van der Waals surface area contributed by atoms with Crippen LogP contribution in [0.3, 0.4) is 0 Å². The molecule has 1 aromatic heterocycles. The number of amidine groups is 1. The minimum absolute atomic E-state index is 0.103. The van der Waals surface area contributed by atoms with Crippen LogP contribution in [0.1, 0.15) is 42.5 Å². The van der Waals surface area contributed by atoms with E-state index in [-0.39, 0.29) is 11.7 Å². The summed E-state index contributed by atoms with van der Waals surface area (Å²) in [6.07, 6.45) is 4.51. The first kappa shape index (κ1) is 12.9. The van der Waals surface area contributed by atoms with Crippen molar-refractivity contribution in [3.05, 3.63) is 22.4 Å². The first-order chi connectivity index (χ1) is 8.68. The average Bonchev–Trinajstić information content (AvgIpc) is 2.93. The summed E-state index contributed by atoms with van der Waals surface area (Å²) in [5, 5.41) is 18.6. The van der Waals surface area contributed by atoms with Gasteiger partial charge in [-0.2, -0.15) is 11.3 Å². The molecule has 1 amide bonds. The zero-order valence-electron chi connectivity index (χ0n) is 10.1. The SMILES string of the molecule is N/C(=N/O)C1(NC(=O)c2ccsc2)CCCCC1. The summed E-state index contributed by atoms with van der Waals surface area (Å²) in [4.78, 5) is 12.1. The second-order valence-corrected chi connectivity index (χ2v) is 5.37. The molecule has 0 atom stereocenters. The molecule has 0 aliphatic heterocycles. The minimum atomic E-state index is -0.688. The highest BCUT2D eigenvalue weighted by Crippen LogP contribution is 2.29. The van der Waals surface area contributed by atoms with Crippen molar-refractivity contribution in [2.45, 2.75) is 37.6 Å². The van der Waals surface area contributed by atoms with Gasteiger partial charge < -0.3 is 16.3 Å². The second kappa shape index (κ2) is 5.39. The normalized spacial score (nSPS) is 19.4. The molecule has 1 aromatic rings. The number of oxime groups is 1. The number of rotatable bonds is 3. The van der Waals surface area contributed by atoms with E-state index in [1.54, 1.807) is 11.4 Å². The Balaban J connectivity index is 2.18. The first-order valence-corrected chi connectivity index (χ1v) is 6.95. The highest BCUT2D eigenvalue weighted by atomic mass is 32.1. The number of thiophene rings is 1. The Hall–Kier alpha value is -1.56. The van der Waals surface area contributed by atoms with Crippen LogP contribution in [0.15, 0.2) is 22.0 Å². The van der Waals surface area contributed by atoms with Gasteiger partial charge >= 0.3 is 0 Å². The molecule has 5 nitrogen and oxygen atoms in total. The molecule has 1 aliphatic carbocycles. The van der Waals surface area contributed by atoms with Gasteiger partial charge in [-0.15, -0.1) is 0 Å². The lowest BCUT2D eigenvalue weighted by Crippen LogP contribution is -2.58. The van der Waals surface area contributed by atoms with Crippen LogP contribution >= 0.6 is 11.3 Å². The van der Waals surface area contributed by atoms with E-state index in [1.807, 2.05) is 5.38 Å². The maximum atomic E-state index is 12.1. The molecule has 98 valence electrons. The molecule has 0 radical (unpaired) electrons. The quantitative estimate of drug-likeness (QED) is 0.338. The minimum Gasteiger partial charge on any atom is -0.409 e. The molecule has 0 saturated heterocycles. The Labute approximate surface area is 110 Å². The molecular weight excluding hydrogens is 250 g/mol. The van der Waals surface area contributed by atoms with Crippen LogP contribution < -0.4 is 11.1 Å². The number of carbonyl (C=O) groups is 1. The molecule has 2 rings (SSSR count). The van der Waals surface area contributed by atoms with Crippen LogP contribution in [0.25, 0.3) is 0 Å². The van der Waals surface area contributed by atoms with Gasteiger partial charge in [0.15, 0.2) is 5.84 Å². The lowest BCUT2D eigenvalue weighted by Gasteiger charge is -2.36. The molecule has 4 N–H and O–H groups in total. The number of carbonyl (C=O) groups excluding carboxylic acids is 1. The van der Waals surface area contributed by atoms with Crippen LogP contribution in [0.4, 0.5) is 0 Å². The van der Waals surface area contributed by atoms with Gasteiger partial charge in [-0.05, 0) is 24.3 Å². The van der Waals surface area contributed by atoms with Crippen LogP contribution in [-0.4, -0.2) is 22.5 Å². The fraction of sp³-hybridized carbons (Fsp3) is 0.500. The molecule has 1 heterocycles. The summed E-state index contributed by atoms with van der Waals surface area (Å²) < 4.78 is 0. The van der Waals surface area contributed by atoms with Crippen molar-refractivity contribution in [2.75, 3.05) is 0 Å². The molecule has 18 heavy (non-hydrogen) atoms. The van der Waals surface area contributed by atoms with Gasteiger partial charge in [-0.25, -0.2) is 0 Å². The Morgan fingerprint density at radius 1 is 1.44 bits per heavy atom. The fourth-order valence-corrected chi connectivity index (χ4v) is 3.02. The molecule has 1 saturated carbocycles. The Morgan fingerprint density at radius 3 is 2.72 bits per heavy atom. The van der Waals surface area contributed by atoms with Gasteiger partial charge in [0, 0.05) is 5.38 Å². The predicted molar refractivity (Wildman–Crippen MR) is 71.0 cm³/mol. The highest BCUT2D eigenvalue weighted by Gasteiger charge is 2.38. The van der Waals surface area contributed by atoms with Gasteiger partial charge in [0.1, 0.15) is 5.54 Å². The van der Waals surface area contributed by atoms with Crippen LogP contribution in [0.2, 0.25) is 0 Å². The van der Waals surface area contributed by atoms with E-state index in [4.69, 9.17) is 10.9 Å². The van der Waals surface area contributed by atoms with Gasteiger partial charge in [0.2, 0.25) is 0 Å². The van der Waals surface area contributed by atoms with E-state index >= 15 is 0 Å². The van der Waals surface area contributed by atoms with Crippen molar-refractivity contribution in [1.29, 1.82) is 0 Å². The number of hydrogen-bond acceptors (Lipinski definition) is 4. The molecule has 6 heteroatoms. The van der Waals surface area contributed by atoms with Crippen molar-refractivity contribution in [3.8, 4) is 0 Å². The Morgan fingerprint density at radius 2 is 2.17 bits per heavy atom. The van der Waals surface area contributed by atoms with E-state index in [2.05, 4.69) is 10.5 Å². The summed E-state index contributed by atoms with van der Waals surface area (Å²) >= 11 is 1.47. The fourth-order valence-electron chi connectivity index (χ4n) is 2.38. The maximum Gasteiger partial charge on any atom is 0.252 e. The van der Waals surface area contributed by atoms with E-state index in [0.717, 1.165) is 32.1 Å². The maximum absolute atomic E-state index is 12.1. The highest BCUT2D eigenvalue weighted by molar-refractivity contribution is 7.08. The lowest BCUT2D eigenvalue weighted by molar-refractivity contribution is 0.0906. The summed E-state index contributed by atoms with van der Waals surface area (Å²) in [6.45, 7) is 0. The van der Waals surface area contributed by atoms with Gasteiger partial charge in [-0.3, -0.25) is 4.79 Å². The number of hydrogen-bond donors (Lipinski definition) is 3. The van der Waals surface area contributed by atoms with Crippen molar-refractivity contribution in [3.63, 3.8) is 0 Å². The van der Waals surface area contributed by atoms with Gasteiger partial charge in [0.05, 0.1) is 5.56 Å². The molecule has 1 fully saturated rings. The number of amides is 1.